The van der Waals surface area contributed by atoms with Crippen LogP contribution in [0.15, 0.2) is 12.1 Å². The zero-order chi connectivity index (χ0) is 7.84. The number of aromatic amines is 1. The highest BCUT2D eigenvalue weighted by molar-refractivity contribution is 5.84. The number of H-pyrrole nitrogens is 1. The third kappa shape index (κ3) is 0.832. The third-order valence-corrected chi connectivity index (χ3v) is 1.57. The van der Waals surface area contributed by atoms with Gasteiger partial charge in [0.05, 0.1) is 5.52 Å². The predicted octanol–water partition coefficient (Wildman–Crippen LogP) is 0.849. The van der Waals surface area contributed by atoms with E-state index < -0.39 is 0 Å². The quantitative estimate of drug-likeness (QED) is 0.582. The van der Waals surface area contributed by atoms with E-state index in [1.165, 1.54) is 0 Å². The van der Waals surface area contributed by atoms with Crippen LogP contribution in [0.2, 0.25) is 0 Å². The lowest BCUT2D eigenvalue weighted by molar-refractivity contribution is 1.13. The Morgan fingerprint density at radius 2 is 2.27 bits per heavy atom. The molecule has 0 bridgehead atoms. The van der Waals surface area contributed by atoms with Crippen molar-refractivity contribution in [2.45, 2.75) is 6.92 Å². The molecule has 2 aromatic heterocycles. The van der Waals surface area contributed by atoms with Crippen molar-refractivity contribution >= 4 is 16.9 Å². The van der Waals surface area contributed by atoms with E-state index in [1.54, 1.807) is 0 Å². The highest BCUT2D eigenvalue weighted by Crippen LogP contribution is 2.14. The SMILES string of the molecule is Cc1ccc2[nH]nc(N)c2n1. The minimum absolute atomic E-state index is 0.462. The molecule has 0 saturated heterocycles. The maximum Gasteiger partial charge on any atom is 0.171 e. The number of aryl methyl sites for hydroxylation is 1. The molecule has 0 aromatic carbocycles. The Morgan fingerprint density at radius 1 is 1.45 bits per heavy atom. The lowest BCUT2D eigenvalue weighted by Gasteiger charge is -1.90. The zero-order valence-corrected chi connectivity index (χ0v) is 6.13. The van der Waals surface area contributed by atoms with Gasteiger partial charge in [0, 0.05) is 5.69 Å². The molecule has 56 valence electrons. The predicted molar refractivity (Wildman–Crippen MR) is 43.0 cm³/mol. The minimum Gasteiger partial charge on any atom is -0.380 e. The van der Waals surface area contributed by atoms with Gasteiger partial charge in [0.15, 0.2) is 5.82 Å². The monoisotopic (exact) mass is 148 g/mol. The Labute approximate surface area is 63.4 Å². The Morgan fingerprint density at radius 3 is 3.09 bits per heavy atom. The molecule has 0 aliphatic carbocycles. The number of fused-ring (bicyclic) bond motifs is 1. The van der Waals surface area contributed by atoms with Gasteiger partial charge in [-0.1, -0.05) is 0 Å². The summed E-state index contributed by atoms with van der Waals surface area (Å²) in [7, 11) is 0. The van der Waals surface area contributed by atoms with Gasteiger partial charge in [-0.15, -0.1) is 0 Å². The Balaban J connectivity index is 2.87. The Bertz CT molecular complexity index is 390. The first kappa shape index (κ1) is 6.15. The van der Waals surface area contributed by atoms with Crippen molar-refractivity contribution in [1.29, 1.82) is 0 Å². The average Bonchev–Trinajstić information content (AvgIpc) is 2.33. The van der Waals surface area contributed by atoms with Crippen molar-refractivity contribution in [3.05, 3.63) is 17.8 Å². The first-order valence-corrected chi connectivity index (χ1v) is 3.34. The second-order valence-electron chi connectivity index (χ2n) is 2.46. The fraction of sp³-hybridized carbons (Fsp3) is 0.143. The Hall–Kier alpha value is -1.58. The van der Waals surface area contributed by atoms with Gasteiger partial charge >= 0.3 is 0 Å². The van der Waals surface area contributed by atoms with E-state index in [0.29, 0.717) is 5.82 Å². The van der Waals surface area contributed by atoms with Crippen LogP contribution in [-0.2, 0) is 0 Å². The molecule has 0 fully saturated rings. The van der Waals surface area contributed by atoms with Gasteiger partial charge in [0.1, 0.15) is 5.52 Å². The molecular formula is C7H8N4. The first-order valence-electron chi connectivity index (χ1n) is 3.34. The third-order valence-electron chi connectivity index (χ3n) is 1.57. The van der Waals surface area contributed by atoms with Gasteiger partial charge < -0.3 is 5.73 Å². The number of hydrogen-bond donors (Lipinski definition) is 2. The summed E-state index contributed by atoms with van der Waals surface area (Å²) in [5, 5.41) is 6.60. The van der Waals surface area contributed by atoms with Crippen LogP contribution in [0, 0.1) is 6.92 Å². The van der Waals surface area contributed by atoms with Crippen molar-refractivity contribution in [2.75, 3.05) is 5.73 Å². The summed E-state index contributed by atoms with van der Waals surface area (Å²) in [5.41, 5.74) is 8.13. The van der Waals surface area contributed by atoms with Crippen molar-refractivity contribution < 1.29 is 0 Å². The van der Waals surface area contributed by atoms with Gasteiger partial charge in [-0.3, -0.25) is 5.10 Å². The van der Waals surface area contributed by atoms with Crippen LogP contribution >= 0.6 is 0 Å². The molecule has 0 saturated carbocycles. The fourth-order valence-electron chi connectivity index (χ4n) is 1.02. The van der Waals surface area contributed by atoms with E-state index in [1.807, 2.05) is 19.1 Å². The number of hydrogen-bond acceptors (Lipinski definition) is 3. The molecule has 0 radical (unpaired) electrons. The van der Waals surface area contributed by atoms with E-state index in [-0.39, 0.29) is 0 Å². The number of nitrogens with one attached hydrogen (secondary N) is 1. The first-order chi connectivity index (χ1) is 5.27. The van der Waals surface area contributed by atoms with Crippen molar-refractivity contribution in [1.82, 2.24) is 15.2 Å². The van der Waals surface area contributed by atoms with Crippen LogP contribution in [0.25, 0.3) is 11.0 Å². The fourth-order valence-corrected chi connectivity index (χ4v) is 1.02. The molecule has 2 aromatic rings. The summed E-state index contributed by atoms with van der Waals surface area (Å²) in [5.74, 6) is 0.462. The molecule has 2 rings (SSSR count). The molecule has 11 heavy (non-hydrogen) atoms. The molecule has 4 heteroatoms. The van der Waals surface area contributed by atoms with Gasteiger partial charge in [0.25, 0.3) is 0 Å². The molecule has 0 aliphatic rings. The molecular weight excluding hydrogens is 140 g/mol. The average molecular weight is 148 g/mol. The number of anilines is 1. The van der Waals surface area contributed by atoms with E-state index >= 15 is 0 Å². The number of pyridine rings is 1. The van der Waals surface area contributed by atoms with Crippen LogP contribution < -0.4 is 5.73 Å². The summed E-state index contributed by atoms with van der Waals surface area (Å²) in [6.45, 7) is 1.92. The number of nitrogens with two attached hydrogens (primary N) is 1. The molecule has 0 atom stereocenters. The maximum absolute atomic E-state index is 5.54. The molecule has 2 heterocycles. The Kier molecular flexibility index (Phi) is 1.09. The largest absolute Gasteiger partial charge is 0.380 e. The smallest absolute Gasteiger partial charge is 0.171 e. The van der Waals surface area contributed by atoms with Crippen molar-refractivity contribution in [3.63, 3.8) is 0 Å². The van der Waals surface area contributed by atoms with E-state index in [4.69, 9.17) is 5.73 Å². The van der Waals surface area contributed by atoms with Crippen molar-refractivity contribution in [3.8, 4) is 0 Å². The number of rotatable bonds is 0. The normalized spacial score (nSPS) is 10.6. The summed E-state index contributed by atoms with van der Waals surface area (Å²) < 4.78 is 0. The van der Waals surface area contributed by atoms with Crippen LogP contribution in [0.4, 0.5) is 5.82 Å². The molecule has 0 aliphatic heterocycles. The van der Waals surface area contributed by atoms with Crippen molar-refractivity contribution in [2.24, 2.45) is 0 Å². The van der Waals surface area contributed by atoms with Gasteiger partial charge in [0.2, 0.25) is 0 Å². The van der Waals surface area contributed by atoms with Gasteiger partial charge in [-0.2, -0.15) is 5.10 Å². The zero-order valence-electron chi connectivity index (χ0n) is 6.13. The standard InChI is InChI=1S/C7H8N4/c1-4-2-3-5-6(9-4)7(8)11-10-5/h2-3H,1H3,(H3,8,10,11). The number of aromatic nitrogens is 3. The highest BCUT2D eigenvalue weighted by atomic mass is 15.2. The number of nitrogens with zero attached hydrogens (tertiary/aromatic N) is 2. The molecule has 0 unspecified atom stereocenters. The van der Waals surface area contributed by atoms with Crippen LogP contribution in [0.3, 0.4) is 0 Å². The second kappa shape index (κ2) is 1.95. The van der Waals surface area contributed by atoms with Crippen LogP contribution in [0.1, 0.15) is 5.69 Å². The lowest BCUT2D eigenvalue weighted by atomic mass is 10.3. The molecule has 4 nitrogen and oxygen atoms in total. The molecule has 3 N–H and O–H groups in total. The maximum atomic E-state index is 5.54. The number of nitrogen functional groups attached to an aromatic ring is 1. The molecule has 0 amide bonds. The summed E-state index contributed by atoms with van der Waals surface area (Å²) >= 11 is 0. The van der Waals surface area contributed by atoms with Crippen LogP contribution in [-0.4, -0.2) is 15.2 Å². The van der Waals surface area contributed by atoms with Gasteiger partial charge in [-0.05, 0) is 19.1 Å². The molecule has 0 spiro atoms. The highest BCUT2D eigenvalue weighted by Gasteiger charge is 2.01. The topological polar surface area (TPSA) is 67.6 Å². The van der Waals surface area contributed by atoms with E-state index in [2.05, 4.69) is 15.2 Å². The second-order valence-corrected chi connectivity index (χ2v) is 2.46. The summed E-state index contributed by atoms with van der Waals surface area (Å²) in [4.78, 5) is 4.22. The van der Waals surface area contributed by atoms with Crippen LogP contribution in [0.5, 0.6) is 0 Å². The van der Waals surface area contributed by atoms with E-state index in [0.717, 1.165) is 16.7 Å². The summed E-state index contributed by atoms with van der Waals surface area (Å²) in [6.07, 6.45) is 0. The lowest BCUT2D eigenvalue weighted by Crippen LogP contribution is -1.86. The van der Waals surface area contributed by atoms with E-state index in [9.17, 15) is 0 Å². The van der Waals surface area contributed by atoms with Gasteiger partial charge in [-0.25, -0.2) is 4.98 Å². The minimum atomic E-state index is 0.462. The summed E-state index contributed by atoms with van der Waals surface area (Å²) in [6, 6.07) is 3.83.